The number of rotatable bonds is 5. The second kappa shape index (κ2) is 6.15. The van der Waals surface area contributed by atoms with Gasteiger partial charge in [-0.05, 0) is 35.8 Å². The maximum atomic E-state index is 13.4. The third kappa shape index (κ3) is 3.17. The molecular weight excluding hydrogens is 276 g/mol. The molecule has 2 rings (SSSR count). The van der Waals surface area contributed by atoms with Crippen molar-refractivity contribution in [3.05, 3.63) is 23.8 Å². The third-order valence-electron chi connectivity index (χ3n) is 3.68. The first-order valence-electron chi connectivity index (χ1n) is 6.96. The highest BCUT2D eigenvalue weighted by Gasteiger charge is 2.19. The second-order valence-electron chi connectivity index (χ2n) is 5.40. The van der Waals surface area contributed by atoms with Crippen molar-refractivity contribution in [2.75, 3.05) is 5.73 Å². The number of nitrogens with zero attached hydrogens (tertiary/aromatic N) is 4. The minimum absolute atomic E-state index is 0.0393. The van der Waals surface area contributed by atoms with Crippen LogP contribution in [-0.4, -0.2) is 20.2 Å². The Balaban J connectivity index is 2.39. The number of hydrogen-bond acceptors (Lipinski definition) is 4. The van der Waals surface area contributed by atoms with Crippen molar-refractivity contribution in [1.82, 2.24) is 20.2 Å². The lowest BCUT2D eigenvalue weighted by atomic mass is 10.0. The van der Waals surface area contributed by atoms with E-state index in [1.807, 2.05) is 6.92 Å². The smallest absolute Gasteiger partial charge is 0.184 e. The van der Waals surface area contributed by atoms with E-state index in [0.717, 1.165) is 25.0 Å². The number of nitrogens with two attached hydrogens (primary N) is 1. The van der Waals surface area contributed by atoms with Crippen molar-refractivity contribution in [2.45, 2.75) is 39.7 Å². The Kier molecular flexibility index (Phi) is 4.50. The Bertz CT molecular complexity index is 626. The molecule has 2 N–H and O–H groups in total. The lowest BCUT2D eigenvalue weighted by Crippen LogP contribution is -2.13. The Morgan fingerprint density at radius 2 is 1.90 bits per heavy atom. The average Bonchev–Trinajstić information content (AvgIpc) is 2.91. The maximum absolute atomic E-state index is 13.4. The van der Waals surface area contributed by atoms with E-state index in [-0.39, 0.29) is 11.7 Å². The number of benzene rings is 1. The van der Waals surface area contributed by atoms with Crippen molar-refractivity contribution >= 4 is 5.69 Å². The van der Waals surface area contributed by atoms with Gasteiger partial charge in [0.2, 0.25) is 0 Å². The maximum Gasteiger partial charge on any atom is 0.184 e. The molecule has 0 aliphatic heterocycles. The Hall–Kier alpha value is -2.05. The van der Waals surface area contributed by atoms with E-state index in [9.17, 15) is 8.78 Å². The first-order chi connectivity index (χ1) is 9.93. The standard InChI is InChI=1S/C14H19F2N5/c1-4-8(2)5-9(3)21-14(18-19-20-21)10-6-11(15)12(16)7-13(10)17/h6-9H,4-5,17H2,1-3H3. The van der Waals surface area contributed by atoms with Crippen molar-refractivity contribution in [3.63, 3.8) is 0 Å². The Labute approximate surface area is 122 Å². The zero-order valence-corrected chi connectivity index (χ0v) is 12.3. The van der Waals surface area contributed by atoms with Gasteiger partial charge < -0.3 is 5.73 Å². The van der Waals surface area contributed by atoms with E-state index in [1.165, 1.54) is 0 Å². The molecule has 5 nitrogen and oxygen atoms in total. The quantitative estimate of drug-likeness (QED) is 0.860. The van der Waals surface area contributed by atoms with E-state index in [1.54, 1.807) is 4.68 Å². The number of hydrogen-bond donors (Lipinski definition) is 1. The number of nitrogen functional groups attached to an aromatic ring is 1. The molecule has 0 bridgehead atoms. The molecule has 0 radical (unpaired) electrons. The van der Waals surface area contributed by atoms with Crippen LogP contribution in [0.1, 0.15) is 39.7 Å². The molecule has 0 spiro atoms. The molecule has 0 amide bonds. The van der Waals surface area contributed by atoms with Gasteiger partial charge in [0, 0.05) is 17.3 Å². The van der Waals surface area contributed by atoms with E-state index in [0.29, 0.717) is 17.3 Å². The summed E-state index contributed by atoms with van der Waals surface area (Å²) in [4.78, 5) is 0. The lowest BCUT2D eigenvalue weighted by molar-refractivity contribution is 0.371. The molecule has 1 aromatic heterocycles. The monoisotopic (exact) mass is 295 g/mol. The van der Waals surface area contributed by atoms with Crippen LogP contribution in [0.25, 0.3) is 11.4 Å². The minimum atomic E-state index is -0.983. The molecule has 0 aliphatic rings. The summed E-state index contributed by atoms with van der Waals surface area (Å²) >= 11 is 0. The van der Waals surface area contributed by atoms with E-state index in [4.69, 9.17) is 5.73 Å². The highest BCUT2D eigenvalue weighted by atomic mass is 19.2. The van der Waals surface area contributed by atoms with Crippen molar-refractivity contribution < 1.29 is 8.78 Å². The SMILES string of the molecule is CCC(C)CC(C)n1nnnc1-c1cc(F)c(F)cc1N. The van der Waals surface area contributed by atoms with E-state index >= 15 is 0 Å². The molecule has 0 fully saturated rings. The van der Waals surface area contributed by atoms with Crippen molar-refractivity contribution in [1.29, 1.82) is 0 Å². The predicted molar refractivity (Wildman–Crippen MR) is 76.4 cm³/mol. The van der Waals surface area contributed by atoms with Crippen LogP contribution < -0.4 is 5.73 Å². The Morgan fingerprint density at radius 3 is 2.57 bits per heavy atom. The molecule has 2 unspecified atom stereocenters. The summed E-state index contributed by atoms with van der Waals surface area (Å²) in [5.74, 6) is -1.09. The number of tetrazole rings is 1. The van der Waals surface area contributed by atoms with Gasteiger partial charge in [0.15, 0.2) is 17.5 Å². The van der Waals surface area contributed by atoms with Gasteiger partial charge in [0.05, 0.1) is 6.04 Å². The predicted octanol–water partition coefficient (Wildman–Crippen LogP) is 3.20. The Morgan fingerprint density at radius 1 is 1.24 bits per heavy atom. The van der Waals surface area contributed by atoms with Crippen LogP contribution in [0.3, 0.4) is 0 Å². The first-order valence-corrected chi connectivity index (χ1v) is 6.96. The lowest BCUT2D eigenvalue weighted by Gasteiger charge is -2.17. The van der Waals surface area contributed by atoms with Gasteiger partial charge >= 0.3 is 0 Å². The first kappa shape index (κ1) is 15.3. The molecule has 1 heterocycles. The van der Waals surface area contributed by atoms with Gasteiger partial charge in [0.25, 0.3) is 0 Å². The van der Waals surface area contributed by atoms with Crippen LogP contribution in [0.15, 0.2) is 12.1 Å². The molecule has 2 aromatic rings. The molecule has 114 valence electrons. The van der Waals surface area contributed by atoms with Crippen LogP contribution in [0, 0.1) is 17.6 Å². The zero-order valence-electron chi connectivity index (χ0n) is 12.3. The van der Waals surface area contributed by atoms with Gasteiger partial charge in [-0.25, -0.2) is 13.5 Å². The molecule has 2 atom stereocenters. The average molecular weight is 295 g/mol. The fourth-order valence-electron chi connectivity index (χ4n) is 2.27. The zero-order chi connectivity index (χ0) is 15.6. The fraction of sp³-hybridized carbons (Fsp3) is 0.500. The topological polar surface area (TPSA) is 69.6 Å². The molecule has 1 aromatic carbocycles. The summed E-state index contributed by atoms with van der Waals surface area (Å²) in [5, 5.41) is 11.5. The van der Waals surface area contributed by atoms with Gasteiger partial charge in [0.1, 0.15) is 0 Å². The van der Waals surface area contributed by atoms with Gasteiger partial charge in [-0.2, -0.15) is 0 Å². The van der Waals surface area contributed by atoms with E-state index < -0.39 is 11.6 Å². The molecule has 0 aliphatic carbocycles. The summed E-state index contributed by atoms with van der Waals surface area (Å²) in [6.45, 7) is 6.25. The van der Waals surface area contributed by atoms with Crippen molar-refractivity contribution in [3.8, 4) is 11.4 Å². The number of aromatic nitrogens is 4. The minimum Gasteiger partial charge on any atom is -0.398 e. The second-order valence-corrected chi connectivity index (χ2v) is 5.40. The molecule has 7 heteroatoms. The molecule has 21 heavy (non-hydrogen) atoms. The van der Waals surface area contributed by atoms with Crippen LogP contribution in [-0.2, 0) is 0 Å². The molecule has 0 saturated carbocycles. The van der Waals surface area contributed by atoms with Gasteiger partial charge in [-0.3, -0.25) is 0 Å². The van der Waals surface area contributed by atoms with Crippen LogP contribution in [0.4, 0.5) is 14.5 Å². The summed E-state index contributed by atoms with van der Waals surface area (Å²) in [6.07, 6.45) is 1.94. The summed E-state index contributed by atoms with van der Waals surface area (Å²) in [6, 6.07) is 2.02. The highest BCUT2D eigenvalue weighted by molar-refractivity contribution is 5.71. The fourth-order valence-corrected chi connectivity index (χ4v) is 2.27. The van der Waals surface area contributed by atoms with Gasteiger partial charge in [-0.15, -0.1) is 5.10 Å². The summed E-state index contributed by atoms with van der Waals surface area (Å²) in [5.41, 5.74) is 6.17. The van der Waals surface area contributed by atoms with Crippen LogP contribution in [0.2, 0.25) is 0 Å². The number of anilines is 1. The normalized spacial score (nSPS) is 14.1. The largest absolute Gasteiger partial charge is 0.398 e. The summed E-state index contributed by atoms with van der Waals surface area (Å²) < 4.78 is 28.2. The van der Waals surface area contributed by atoms with Crippen LogP contribution >= 0.6 is 0 Å². The number of halogens is 2. The third-order valence-corrected chi connectivity index (χ3v) is 3.68. The van der Waals surface area contributed by atoms with Gasteiger partial charge in [-0.1, -0.05) is 20.3 Å². The van der Waals surface area contributed by atoms with E-state index in [2.05, 4.69) is 29.4 Å². The van der Waals surface area contributed by atoms with Crippen molar-refractivity contribution in [2.24, 2.45) is 5.92 Å². The molecule has 0 saturated heterocycles. The van der Waals surface area contributed by atoms with Crippen LogP contribution in [0.5, 0.6) is 0 Å². The molecular formula is C14H19F2N5. The highest BCUT2D eigenvalue weighted by Crippen LogP contribution is 2.29. The summed E-state index contributed by atoms with van der Waals surface area (Å²) in [7, 11) is 0.